The molecular weight excluding hydrogens is 454 g/mol. The van der Waals surface area contributed by atoms with Crippen LogP contribution in [0.4, 0.5) is 10.6 Å². The number of aromatic nitrogens is 1. The van der Waals surface area contributed by atoms with Gasteiger partial charge in [0.25, 0.3) is 5.91 Å². The van der Waals surface area contributed by atoms with Gasteiger partial charge in [0.15, 0.2) is 0 Å². The normalized spacial score (nSPS) is 16.6. The first-order valence-corrected chi connectivity index (χ1v) is 11.9. The summed E-state index contributed by atoms with van der Waals surface area (Å²) in [6, 6.07) is 19.9. The average molecular weight is 476 g/mol. The maximum atomic E-state index is 12.8. The molecule has 2 amide bonds. The first kappa shape index (κ1) is 22.0. The number of nitrogens with zero attached hydrogens (tertiary/aromatic N) is 2. The molecule has 1 fully saturated rings. The third-order valence-corrected chi connectivity index (χ3v) is 6.98. The number of aliphatic carboxylic acids is 1. The fraction of sp³-hybridized carbons (Fsp3) is 0.200. The lowest BCUT2D eigenvalue weighted by Gasteiger charge is -2.20. The zero-order valence-electron chi connectivity index (χ0n) is 18.0. The molecule has 0 bridgehead atoms. The molecule has 1 saturated heterocycles. The number of rotatable bonds is 5. The van der Waals surface area contributed by atoms with Crippen molar-refractivity contribution < 1.29 is 24.2 Å². The minimum absolute atomic E-state index is 0.0604. The third-order valence-electron chi connectivity index (χ3n) is 5.97. The van der Waals surface area contributed by atoms with Crippen molar-refractivity contribution in [2.75, 3.05) is 23.6 Å². The SMILES string of the molecule is O=C(Nc1cccc(C(=O)N2CSCC2C(=O)O)n1)OCC1c2ccccc2-c2ccccc21. The van der Waals surface area contributed by atoms with Gasteiger partial charge in [-0.15, -0.1) is 11.8 Å². The monoisotopic (exact) mass is 475 g/mol. The van der Waals surface area contributed by atoms with E-state index >= 15 is 0 Å². The Morgan fingerprint density at radius 1 is 1.00 bits per heavy atom. The lowest BCUT2D eigenvalue weighted by atomic mass is 9.98. The van der Waals surface area contributed by atoms with Crippen molar-refractivity contribution in [3.05, 3.63) is 83.6 Å². The number of hydrogen-bond acceptors (Lipinski definition) is 6. The zero-order chi connectivity index (χ0) is 23.7. The van der Waals surface area contributed by atoms with E-state index in [0.717, 1.165) is 22.3 Å². The van der Waals surface area contributed by atoms with E-state index in [1.54, 1.807) is 12.1 Å². The Kier molecular flexibility index (Phi) is 5.93. The highest BCUT2D eigenvalue weighted by molar-refractivity contribution is 7.99. The Morgan fingerprint density at radius 3 is 2.35 bits per heavy atom. The molecule has 1 unspecified atom stereocenters. The van der Waals surface area contributed by atoms with Crippen LogP contribution in [0.25, 0.3) is 11.1 Å². The summed E-state index contributed by atoms with van der Waals surface area (Å²) in [7, 11) is 0. The standard InChI is InChI=1S/C25H21N3O5S/c29-23(28-14-34-13-21(28)24(30)31)20-10-5-11-22(26-20)27-25(32)33-12-19-17-8-3-1-6-15(17)16-7-2-4-9-18(16)19/h1-11,19,21H,12-14H2,(H,30,31)(H,26,27,32). The fourth-order valence-electron chi connectivity index (χ4n) is 4.36. The maximum absolute atomic E-state index is 12.8. The van der Waals surface area contributed by atoms with Crippen LogP contribution in [0.5, 0.6) is 0 Å². The van der Waals surface area contributed by atoms with Gasteiger partial charge in [-0.05, 0) is 34.4 Å². The Bertz CT molecular complexity index is 1240. The molecule has 1 atom stereocenters. The van der Waals surface area contributed by atoms with Gasteiger partial charge in [0.05, 0.1) is 5.88 Å². The van der Waals surface area contributed by atoms with Crippen LogP contribution >= 0.6 is 11.8 Å². The second-order valence-corrected chi connectivity index (χ2v) is 8.99. The van der Waals surface area contributed by atoms with Crippen molar-refractivity contribution in [1.82, 2.24) is 9.88 Å². The number of carboxylic acid groups (broad SMARTS) is 1. The van der Waals surface area contributed by atoms with Gasteiger partial charge in [0.2, 0.25) is 0 Å². The number of hydrogen-bond donors (Lipinski definition) is 2. The molecule has 34 heavy (non-hydrogen) atoms. The lowest BCUT2D eigenvalue weighted by molar-refractivity contribution is -0.140. The summed E-state index contributed by atoms with van der Waals surface area (Å²) in [5, 5.41) is 11.9. The van der Waals surface area contributed by atoms with Crippen LogP contribution in [0.15, 0.2) is 66.7 Å². The molecule has 8 nitrogen and oxygen atoms in total. The Balaban J connectivity index is 1.26. The zero-order valence-corrected chi connectivity index (χ0v) is 18.8. The van der Waals surface area contributed by atoms with Crippen LogP contribution < -0.4 is 5.32 Å². The first-order valence-electron chi connectivity index (χ1n) is 10.7. The van der Waals surface area contributed by atoms with Gasteiger partial charge in [-0.2, -0.15) is 0 Å². The second kappa shape index (κ2) is 9.18. The van der Waals surface area contributed by atoms with E-state index in [0.29, 0.717) is 5.75 Å². The average Bonchev–Trinajstić information content (AvgIpc) is 3.46. The fourth-order valence-corrected chi connectivity index (χ4v) is 5.50. The van der Waals surface area contributed by atoms with Gasteiger partial charge in [-0.3, -0.25) is 10.1 Å². The topological polar surface area (TPSA) is 109 Å². The number of carbonyl (C=O) groups is 3. The predicted octanol–water partition coefficient (Wildman–Crippen LogP) is 4.04. The number of anilines is 1. The van der Waals surface area contributed by atoms with E-state index in [-0.39, 0.29) is 29.9 Å². The van der Waals surface area contributed by atoms with Crippen molar-refractivity contribution in [3.63, 3.8) is 0 Å². The third kappa shape index (κ3) is 4.10. The van der Waals surface area contributed by atoms with Gasteiger partial charge >= 0.3 is 12.1 Å². The number of ether oxygens (including phenoxy) is 1. The lowest BCUT2D eigenvalue weighted by Crippen LogP contribution is -2.42. The highest BCUT2D eigenvalue weighted by Crippen LogP contribution is 2.44. The molecule has 1 aromatic heterocycles. The quantitative estimate of drug-likeness (QED) is 0.573. The molecule has 2 aliphatic rings. The van der Waals surface area contributed by atoms with Gasteiger partial charge in [0.1, 0.15) is 24.2 Å². The van der Waals surface area contributed by atoms with E-state index in [1.165, 1.54) is 22.7 Å². The minimum atomic E-state index is -1.05. The molecule has 172 valence electrons. The van der Waals surface area contributed by atoms with Gasteiger partial charge in [-0.1, -0.05) is 54.6 Å². The van der Waals surface area contributed by atoms with Crippen molar-refractivity contribution in [2.45, 2.75) is 12.0 Å². The molecule has 0 saturated carbocycles. The molecule has 1 aliphatic heterocycles. The summed E-state index contributed by atoms with van der Waals surface area (Å²) < 4.78 is 5.53. The van der Waals surface area contributed by atoms with E-state index in [2.05, 4.69) is 22.4 Å². The molecule has 3 aromatic rings. The number of benzene rings is 2. The molecule has 2 N–H and O–H groups in total. The Morgan fingerprint density at radius 2 is 1.68 bits per heavy atom. The summed E-state index contributed by atoms with van der Waals surface area (Å²) >= 11 is 1.37. The molecule has 0 spiro atoms. The largest absolute Gasteiger partial charge is 0.480 e. The van der Waals surface area contributed by atoms with Gasteiger partial charge in [0, 0.05) is 11.7 Å². The van der Waals surface area contributed by atoms with Crippen molar-refractivity contribution in [1.29, 1.82) is 0 Å². The van der Waals surface area contributed by atoms with E-state index in [9.17, 15) is 19.5 Å². The summed E-state index contributed by atoms with van der Waals surface area (Å²) in [6.07, 6.45) is -0.681. The van der Waals surface area contributed by atoms with E-state index in [1.807, 2.05) is 36.4 Å². The van der Waals surface area contributed by atoms with Gasteiger partial charge < -0.3 is 14.7 Å². The second-order valence-electron chi connectivity index (χ2n) is 7.99. The highest BCUT2D eigenvalue weighted by Gasteiger charge is 2.35. The van der Waals surface area contributed by atoms with Crippen LogP contribution in [0.1, 0.15) is 27.5 Å². The summed E-state index contributed by atoms with van der Waals surface area (Å²) in [4.78, 5) is 42.2. The van der Waals surface area contributed by atoms with Crippen LogP contribution in [-0.4, -0.2) is 57.2 Å². The van der Waals surface area contributed by atoms with Crippen LogP contribution in [0.2, 0.25) is 0 Å². The number of pyridine rings is 1. The van der Waals surface area contributed by atoms with Crippen molar-refractivity contribution in [2.24, 2.45) is 0 Å². The smallest absolute Gasteiger partial charge is 0.412 e. The predicted molar refractivity (Wildman–Crippen MR) is 128 cm³/mol. The molecule has 2 aromatic carbocycles. The van der Waals surface area contributed by atoms with Crippen LogP contribution in [0.3, 0.4) is 0 Å². The Hall–Kier alpha value is -3.85. The number of fused-ring (bicyclic) bond motifs is 3. The molecule has 0 radical (unpaired) electrons. The highest BCUT2D eigenvalue weighted by atomic mass is 32.2. The number of nitrogens with one attached hydrogen (secondary N) is 1. The number of amides is 2. The Labute approximate surface area is 199 Å². The van der Waals surface area contributed by atoms with Crippen LogP contribution in [0, 0.1) is 0 Å². The summed E-state index contributed by atoms with van der Waals surface area (Å²) in [6.45, 7) is 0.157. The van der Waals surface area contributed by atoms with Gasteiger partial charge in [-0.25, -0.2) is 14.6 Å². The molecule has 5 rings (SSSR count). The maximum Gasteiger partial charge on any atom is 0.412 e. The number of thioether (sulfide) groups is 1. The van der Waals surface area contributed by atoms with Crippen molar-refractivity contribution >= 4 is 35.5 Å². The number of carbonyl (C=O) groups excluding carboxylic acids is 2. The van der Waals surface area contributed by atoms with E-state index < -0.39 is 24.0 Å². The van der Waals surface area contributed by atoms with Crippen molar-refractivity contribution in [3.8, 4) is 11.1 Å². The first-order chi connectivity index (χ1) is 16.5. The van der Waals surface area contributed by atoms with E-state index in [4.69, 9.17) is 4.74 Å². The molecule has 2 heterocycles. The molecule has 9 heteroatoms. The van der Waals surface area contributed by atoms with Crippen LogP contribution in [-0.2, 0) is 9.53 Å². The minimum Gasteiger partial charge on any atom is -0.480 e. The molecule has 1 aliphatic carbocycles. The summed E-state index contributed by atoms with van der Waals surface area (Å²) in [5.41, 5.74) is 4.56. The number of carboxylic acids is 1. The summed E-state index contributed by atoms with van der Waals surface area (Å²) in [5.74, 6) is -0.846. The molecular formula is C25H21N3O5S.